The van der Waals surface area contributed by atoms with Gasteiger partial charge in [-0.3, -0.25) is 0 Å². The third-order valence-corrected chi connectivity index (χ3v) is 16.7. The molecule has 2 unspecified atom stereocenters. The van der Waals surface area contributed by atoms with Crippen LogP contribution in [0.2, 0.25) is 39.3 Å². The molecule has 2 aliphatic rings. The summed E-state index contributed by atoms with van der Waals surface area (Å²) in [5.74, 6) is 3.53. The van der Waals surface area contributed by atoms with Crippen LogP contribution in [0.25, 0.3) is 0 Å². The first-order valence-corrected chi connectivity index (χ1v) is 30.3. The second-order valence-electron chi connectivity index (χ2n) is 23.0. The summed E-state index contributed by atoms with van der Waals surface area (Å²) in [6.07, 6.45) is 23.1. The molecule has 2 aliphatic carbocycles. The van der Waals surface area contributed by atoms with Crippen LogP contribution in [0.1, 0.15) is 132 Å². The molecule has 0 radical (unpaired) electrons. The van der Waals surface area contributed by atoms with Crippen LogP contribution in [-0.4, -0.2) is 42.6 Å². The molecule has 5 heteroatoms. The standard InChI is InChI=1S/C54H86O3Si2/c1-41(2)29-39-56-49-45(21-17-23-47(49)58(11,12)13)53(33-25-43(26-34-53)51(5,6)7)31-19-37-55-38-20-32-54(35-27-44(28-36-54)52(8,9)10)46-22-18-24-48(59(14,15)16)50(46)57-40-30-42(3)4/h17-18,21-28,33,35,41-42H,19-20,29-32,34,36-40H2,1-16H3. The van der Waals surface area contributed by atoms with Gasteiger partial charge in [-0.2, -0.15) is 0 Å². The number of hydrogen-bond donors (Lipinski definition) is 0. The average Bonchev–Trinajstić information content (AvgIpc) is 3.13. The smallest absolute Gasteiger partial charge is 0.122 e. The van der Waals surface area contributed by atoms with Gasteiger partial charge in [0.1, 0.15) is 11.5 Å². The zero-order valence-electron chi connectivity index (χ0n) is 40.8. The van der Waals surface area contributed by atoms with Crippen molar-refractivity contribution in [3.63, 3.8) is 0 Å². The highest BCUT2D eigenvalue weighted by Crippen LogP contribution is 2.47. The predicted octanol–water partition coefficient (Wildman–Crippen LogP) is 14.2. The number of para-hydroxylation sites is 2. The molecule has 4 rings (SSSR count). The molecule has 0 aliphatic heterocycles. The fourth-order valence-corrected chi connectivity index (χ4v) is 11.7. The van der Waals surface area contributed by atoms with Crippen LogP contribution in [0.15, 0.2) is 84.0 Å². The van der Waals surface area contributed by atoms with Crippen molar-refractivity contribution in [3.8, 4) is 11.5 Å². The number of benzene rings is 2. The summed E-state index contributed by atoms with van der Waals surface area (Å²) >= 11 is 0. The van der Waals surface area contributed by atoms with E-state index in [4.69, 9.17) is 14.2 Å². The normalized spacial score (nSPS) is 20.3. The van der Waals surface area contributed by atoms with E-state index in [0.717, 1.165) is 89.3 Å². The third kappa shape index (κ3) is 13.2. The molecule has 0 heterocycles. The van der Waals surface area contributed by atoms with Gasteiger partial charge in [0, 0.05) is 35.2 Å². The number of allylic oxidation sites excluding steroid dienone is 8. The minimum Gasteiger partial charge on any atom is -0.493 e. The van der Waals surface area contributed by atoms with Gasteiger partial charge in [0.15, 0.2) is 0 Å². The molecule has 0 amide bonds. The van der Waals surface area contributed by atoms with E-state index in [1.807, 2.05) is 0 Å². The molecule has 0 N–H and O–H groups in total. The first kappa shape index (κ1) is 49.1. The van der Waals surface area contributed by atoms with Crippen molar-refractivity contribution in [2.45, 2.75) is 171 Å². The largest absolute Gasteiger partial charge is 0.493 e. The highest BCUT2D eigenvalue weighted by Gasteiger charge is 2.38. The van der Waals surface area contributed by atoms with Crippen molar-refractivity contribution < 1.29 is 14.2 Å². The molecule has 0 fully saturated rings. The molecule has 0 bridgehead atoms. The van der Waals surface area contributed by atoms with Crippen LogP contribution >= 0.6 is 0 Å². The summed E-state index contributed by atoms with van der Waals surface area (Å²) in [6.45, 7) is 40.9. The van der Waals surface area contributed by atoms with E-state index in [9.17, 15) is 0 Å². The molecule has 0 spiro atoms. The van der Waals surface area contributed by atoms with Gasteiger partial charge < -0.3 is 14.2 Å². The van der Waals surface area contributed by atoms with Gasteiger partial charge >= 0.3 is 0 Å². The van der Waals surface area contributed by atoms with E-state index in [0.29, 0.717) is 11.8 Å². The Morgan fingerprint density at radius 1 is 0.559 bits per heavy atom. The predicted molar refractivity (Wildman–Crippen MR) is 264 cm³/mol. The van der Waals surface area contributed by atoms with Crippen molar-refractivity contribution in [2.75, 3.05) is 26.4 Å². The molecular formula is C54H86O3Si2. The van der Waals surface area contributed by atoms with Gasteiger partial charge in [-0.15, -0.1) is 0 Å². The lowest BCUT2D eigenvalue weighted by molar-refractivity contribution is 0.119. The van der Waals surface area contributed by atoms with Crippen molar-refractivity contribution in [1.82, 2.24) is 0 Å². The summed E-state index contributed by atoms with van der Waals surface area (Å²) < 4.78 is 20.3. The van der Waals surface area contributed by atoms with Crippen LogP contribution in [0.4, 0.5) is 0 Å². The van der Waals surface area contributed by atoms with E-state index < -0.39 is 16.1 Å². The molecule has 2 aromatic carbocycles. The van der Waals surface area contributed by atoms with Crippen LogP contribution < -0.4 is 19.8 Å². The zero-order chi connectivity index (χ0) is 43.9. The van der Waals surface area contributed by atoms with Gasteiger partial charge in [0.25, 0.3) is 0 Å². The Labute approximate surface area is 365 Å². The Morgan fingerprint density at radius 2 is 0.932 bits per heavy atom. The second-order valence-corrected chi connectivity index (χ2v) is 33.0. The van der Waals surface area contributed by atoms with Crippen molar-refractivity contribution >= 4 is 26.5 Å². The Bertz CT molecular complexity index is 1670. The van der Waals surface area contributed by atoms with Gasteiger partial charge in [-0.25, -0.2) is 0 Å². The fraction of sp³-hybridized carbons (Fsp3) is 0.630. The minimum absolute atomic E-state index is 0.120. The molecule has 0 saturated carbocycles. The first-order chi connectivity index (χ1) is 27.4. The molecule has 2 atom stereocenters. The zero-order valence-corrected chi connectivity index (χ0v) is 42.8. The maximum absolute atomic E-state index is 6.86. The minimum atomic E-state index is -1.67. The van der Waals surface area contributed by atoms with Gasteiger partial charge in [0.2, 0.25) is 0 Å². The summed E-state index contributed by atoms with van der Waals surface area (Å²) in [7, 11) is -3.34. The number of rotatable bonds is 20. The molecule has 59 heavy (non-hydrogen) atoms. The summed E-state index contributed by atoms with van der Waals surface area (Å²) in [5, 5.41) is 2.87. The third-order valence-electron chi connectivity index (χ3n) is 12.7. The van der Waals surface area contributed by atoms with Crippen LogP contribution in [0.3, 0.4) is 0 Å². The van der Waals surface area contributed by atoms with Crippen LogP contribution in [0.5, 0.6) is 11.5 Å². The molecule has 0 aromatic heterocycles. The SMILES string of the molecule is CC(C)CCOc1c(C2(CCCOCCCC3(c4cccc([Si](C)(C)C)c4OCCC(C)C)C=CC(C(C)(C)C)=CC3)C=CC(C(C)(C)C)=CC2)cccc1[Si](C)(C)C. The number of hydrogen-bond acceptors (Lipinski definition) is 3. The summed E-state index contributed by atoms with van der Waals surface area (Å²) in [4.78, 5) is 0. The lowest BCUT2D eigenvalue weighted by Crippen LogP contribution is -2.41. The monoisotopic (exact) mass is 839 g/mol. The van der Waals surface area contributed by atoms with E-state index in [1.165, 1.54) is 32.6 Å². The van der Waals surface area contributed by atoms with Gasteiger partial charge in [0.05, 0.1) is 29.4 Å². The highest BCUT2D eigenvalue weighted by molar-refractivity contribution is 6.89. The Kier molecular flexibility index (Phi) is 16.7. The lowest BCUT2D eigenvalue weighted by Gasteiger charge is -2.38. The summed E-state index contributed by atoms with van der Waals surface area (Å²) in [6, 6.07) is 14.0. The van der Waals surface area contributed by atoms with E-state index in [1.54, 1.807) is 0 Å². The number of ether oxygens (including phenoxy) is 3. The van der Waals surface area contributed by atoms with Crippen LogP contribution in [0, 0.1) is 22.7 Å². The second kappa shape index (κ2) is 20.1. The first-order valence-electron chi connectivity index (χ1n) is 23.3. The maximum Gasteiger partial charge on any atom is 0.122 e. The average molecular weight is 839 g/mol. The lowest BCUT2D eigenvalue weighted by atomic mass is 9.68. The molecule has 328 valence electrons. The quantitative estimate of drug-likeness (QED) is 0.0982. The molecular weight excluding hydrogens is 753 g/mol. The fourth-order valence-electron chi connectivity index (χ4n) is 8.73. The highest BCUT2D eigenvalue weighted by atomic mass is 28.3. The van der Waals surface area contributed by atoms with E-state index in [2.05, 4.69) is 181 Å². The van der Waals surface area contributed by atoms with Gasteiger partial charge in [-0.1, -0.05) is 181 Å². The Morgan fingerprint density at radius 3 is 1.22 bits per heavy atom. The van der Waals surface area contributed by atoms with E-state index in [-0.39, 0.29) is 21.7 Å². The summed E-state index contributed by atoms with van der Waals surface area (Å²) in [5.41, 5.74) is 5.57. The van der Waals surface area contributed by atoms with Gasteiger partial charge in [-0.05, 0) is 95.6 Å². The molecule has 0 saturated heterocycles. The topological polar surface area (TPSA) is 27.7 Å². The van der Waals surface area contributed by atoms with E-state index >= 15 is 0 Å². The molecule has 2 aromatic rings. The maximum atomic E-state index is 6.86. The van der Waals surface area contributed by atoms with Crippen molar-refractivity contribution in [2.24, 2.45) is 22.7 Å². The Balaban J connectivity index is 1.56. The van der Waals surface area contributed by atoms with Crippen molar-refractivity contribution in [3.05, 3.63) is 95.1 Å². The molecule has 3 nitrogen and oxygen atoms in total. The van der Waals surface area contributed by atoms with Crippen LogP contribution in [-0.2, 0) is 15.6 Å². The van der Waals surface area contributed by atoms with Crippen molar-refractivity contribution in [1.29, 1.82) is 0 Å². The Hall–Kier alpha value is -2.61.